The van der Waals surface area contributed by atoms with Crippen molar-refractivity contribution in [3.8, 4) is 0 Å². The Balaban J connectivity index is 2.90. The molecule has 0 aliphatic rings. The highest BCUT2D eigenvalue weighted by atomic mass is 16.1. The van der Waals surface area contributed by atoms with Gasteiger partial charge in [0.1, 0.15) is 0 Å². The molecule has 0 fully saturated rings. The Hall–Kier alpha value is -1.88. The molecular formula is C10H14N4O. The van der Waals surface area contributed by atoms with Gasteiger partial charge >= 0.3 is 0 Å². The molecule has 5 heteroatoms. The number of nitrogens with zero attached hydrogens (tertiary/aromatic N) is 2. The molecule has 4 N–H and O–H groups in total. The van der Waals surface area contributed by atoms with Crippen LogP contribution in [0.1, 0.15) is 12.5 Å². The number of carbonyl (C=O) groups is 1. The van der Waals surface area contributed by atoms with Crippen LogP contribution in [0.15, 0.2) is 29.4 Å². The van der Waals surface area contributed by atoms with Crippen molar-refractivity contribution in [2.45, 2.75) is 13.8 Å². The highest BCUT2D eigenvalue weighted by Gasteiger charge is 2.03. The summed E-state index contributed by atoms with van der Waals surface area (Å²) < 4.78 is 0. The fourth-order valence-corrected chi connectivity index (χ4v) is 1.01. The summed E-state index contributed by atoms with van der Waals surface area (Å²) in [7, 11) is 0. The van der Waals surface area contributed by atoms with Gasteiger partial charge in [-0.15, -0.1) is 5.10 Å². The lowest BCUT2D eigenvalue weighted by Crippen LogP contribution is -2.31. The molecule has 0 heterocycles. The average molecular weight is 206 g/mol. The van der Waals surface area contributed by atoms with Gasteiger partial charge in [0.05, 0.1) is 5.69 Å². The number of carbonyl (C=O) groups excluding carboxylic acids is 1. The van der Waals surface area contributed by atoms with Gasteiger partial charge in [-0.1, -0.05) is 12.1 Å². The minimum absolute atomic E-state index is 0.112. The van der Waals surface area contributed by atoms with Gasteiger partial charge in [0.15, 0.2) is 11.6 Å². The standard InChI is InChI=1S/C10H14N4O/c1-7-4-3-5-9(6-7)14(12)13-10(11)8(2)15/h3-6H,12H2,1-2H3,(H2,11,13). The molecule has 1 aromatic carbocycles. The Bertz CT molecular complexity index is 400. The molecule has 0 amide bonds. The number of ketones is 1. The third-order valence-corrected chi connectivity index (χ3v) is 1.84. The summed E-state index contributed by atoms with van der Waals surface area (Å²) in [6, 6.07) is 7.42. The van der Waals surface area contributed by atoms with E-state index in [1.165, 1.54) is 6.92 Å². The predicted octanol–water partition coefficient (Wildman–Crippen LogP) is 0.536. The molecule has 0 aliphatic heterocycles. The van der Waals surface area contributed by atoms with Crippen LogP contribution in [0.4, 0.5) is 5.69 Å². The van der Waals surface area contributed by atoms with Crippen molar-refractivity contribution in [1.82, 2.24) is 0 Å². The van der Waals surface area contributed by atoms with Gasteiger partial charge in [-0.2, -0.15) is 5.12 Å². The van der Waals surface area contributed by atoms with Crippen LogP contribution in [-0.4, -0.2) is 11.6 Å². The van der Waals surface area contributed by atoms with Crippen LogP contribution in [0.5, 0.6) is 0 Å². The van der Waals surface area contributed by atoms with E-state index < -0.39 is 0 Å². The highest BCUT2D eigenvalue weighted by Crippen LogP contribution is 2.12. The molecule has 15 heavy (non-hydrogen) atoms. The number of aryl methyl sites for hydroxylation is 1. The van der Waals surface area contributed by atoms with Crippen LogP contribution in [0.25, 0.3) is 0 Å². The monoisotopic (exact) mass is 206 g/mol. The lowest BCUT2D eigenvalue weighted by atomic mass is 10.2. The minimum Gasteiger partial charge on any atom is -0.379 e. The van der Waals surface area contributed by atoms with E-state index in [-0.39, 0.29) is 11.6 Å². The zero-order valence-electron chi connectivity index (χ0n) is 8.77. The molecule has 1 rings (SSSR count). The summed E-state index contributed by atoms with van der Waals surface area (Å²) in [5.74, 6) is 5.20. The van der Waals surface area contributed by atoms with Crippen LogP contribution in [0.3, 0.4) is 0 Å². The lowest BCUT2D eigenvalue weighted by molar-refractivity contribution is -0.111. The van der Waals surface area contributed by atoms with Gasteiger partial charge in [-0.25, -0.2) is 5.84 Å². The molecule has 0 radical (unpaired) electrons. The van der Waals surface area contributed by atoms with E-state index in [9.17, 15) is 4.79 Å². The van der Waals surface area contributed by atoms with E-state index in [0.717, 1.165) is 10.7 Å². The number of hydrazine groups is 1. The quantitative estimate of drug-likeness (QED) is 0.327. The molecular weight excluding hydrogens is 192 g/mol. The molecule has 80 valence electrons. The van der Waals surface area contributed by atoms with Crippen LogP contribution >= 0.6 is 0 Å². The van der Waals surface area contributed by atoms with Gasteiger partial charge in [-0.3, -0.25) is 4.79 Å². The molecule has 0 spiro atoms. The molecule has 0 aliphatic carbocycles. The first kappa shape index (κ1) is 11.2. The van der Waals surface area contributed by atoms with E-state index in [4.69, 9.17) is 11.6 Å². The Labute approximate surface area is 88.3 Å². The Morgan fingerprint density at radius 1 is 1.47 bits per heavy atom. The fourth-order valence-electron chi connectivity index (χ4n) is 1.01. The Kier molecular flexibility index (Phi) is 3.41. The SMILES string of the molecule is CC(=O)/C(N)=N/N(N)c1cccc(C)c1. The van der Waals surface area contributed by atoms with E-state index in [0.29, 0.717) is 5.69 Å². The molecule has 0 atom stereocenters. The average Bonchev–Trinajstić information content (AvgIpc) is 2.17. The summed E-state index contributed by atoms with van der Waals surface area (Å²) in [5.41, 5.74) is 7.11. The zero-order chi connectivity index (χ0) is 11.4. The van der Waals surface area contributed by atoms with Crippen molar-refractivity contribution in [2.24, 2.45) is 16.7 Å². The predicted molar refractivity (Wildman–Crippen MR) is 60.1 cm³/mol. The topological polar surface area (TPSA) is 84.7 Å². The third kappa shape index (κ3) is 3.07. The van der Waals surface area contributed by atoms with Crippen molar-refractivity contribution in [3.63, 3.8) is 0 Å². The number of hydrogen-bond acceptors (Lipinski definition) is 4. The molecule has 0 aromatic heterocycles. The number of nitrogens with two attached hydrogens (primary N) is 2. The second-order valence-corrected chi connectivity index (χ2v) is 3.22. The van der Waals surface area contributed by atoms with Gasteiger partial charge < -0.3 is 5.73 Å². The first-order valence-electron chi connectivity index (χ1n) is 4.47. The van der Waals surface area contributed by atoms with E-state index in [1.54, 1.807) is 6.07 Å². The van der Waals surface area contributed by atoms with E-state index >= 15 is 0 Å². The van der Waals surface area contributed by atoms with Crippen molar-refractivity contribution in [1.29, 1.82) is 0 Å². The van der Waals surface area contributed by atoms with Crippen molar-refractivity contribution < 1.29 is 4.79 Å². The number of amidine groups is 1. The van der Waals surface area contributed by atoms with Crippen LogP contribution in [0, 0.1) is 6.92 Å². The van der Waals surface area contributed by atoms with Gasteiger partial charge in [0, 0.05) is 6.92 Å². The zero-order valence-corrected chi connectivity index (χ0v) is 8.77. The maximum absolute atomic E-state index is 10.8. The van der Waals surface area contributed by atoms with Gasteiger partial charge in [0.25, 0.3) is 0 Å². The van der Waals surface area contributed by atoms with Crippen LogP contribution < -0.4 is 16.7 Å². The lowest BCUT2D eigenvalue weighted by Gasteiger charge is -2.13. The third-order valence-electron chi connectivity index (χ3n) is 1.84. The van der Waals surface area contributed by atoms with Crippen molar-refractivity contribution >= 4 is 17.3 Å². The van der Waals surface area contributed by atoms with Crippen molar-refractivity contribution in [3.05, 3.63) is 29.8 Å². The summed E-state index contributed by atoms with van der Waals surface area (Å²) in [6.45, 7) is 3.28. The largest absolute Gasteiger partial charge is 0.379 e. The summed E-state index contributed by atoms with van der Waals surface area (Å²) in [5, 5.41) is 4.83. The summed E-state index contributed by atoms with van der Waals surface area (Å²) in [4.78, 5) is 10.8. The molecule has 0 saturated carbocycles. The van der Waals surface area contributed by atoms with Crippen molar-refractivity contribution in [2.75, 3.05) is 5.12 Å². The van der Waals surface area contributed by atoms with E-state index in [2.05, 4.69) is 5.10 Å². The summed E-state index contributed by atoms with van der Waals surface area (Å²) in [6.07, 6.45) is 0. The number of hydrogen-bond donors (Lipinski definition) is 2. The fraction of sp³-hybridized carbons (Fsp3) is 0.200. The number of anilines is 1. The number of hydrazone groups is 1. The minimum atomic E-state index is -0.307. The molecule has 0 saturated heterocycles. The molecule has 0 unspecified atom stereocenters. The Morgan fingerprint density at radius 3 is 2.67 bits per heavy atom. The second kappa shape index (κ2) is 4.56. The second-order valence-electron chi connectivity index (χ2n) is 3.22. The highest BCUT2D eigenvalue weighted by molar-refractivity contribution is 6.37. The first-order valence-corrected chi connectivity index (χ1v) is 4.47. The number of benzene rings is 1. The molecule has 1 aromatic rings. The molecule has 5 nitrogen and oxygen atoms in total. The number of rotatable bonds is 3. The Morgan fingerprint density at radius 2 is 2.13 bits per heavy atom. The van der Waals surface area contributed by atoms with Crippen LogP contribution in [0.2, 0.25) is 0 Å². The molecule has 0 bridgehead atoms. The maximum atomic E-state index is 10.8. The smallest absolute Gasteiger partial charge is 0.196 e. The normalized spacial score (nSPS) is 11.3. The van der Waals surface area contributed by atoms with Crippen LogP contribution in [-0.2, 0) is 4.79 Å². The first-order chi connectivity index (χ1) is 7.00. The van der Waals surface area contributed by atoms with Gasteiger partial charge in [-0.05, 0) is 24.6 Å². The summed E-state index contributed by atoms with van der Waals surface area (Å²) >= 11 is 0. The van der Waals surface area contributed by atoms with E-state index in [1.807, 2.05) is 25.1 Å². The van der Waals surface area contributed by atoms with Gasteiger partial charge in [0.2, 0.25) is 0 Å². The maximum Gasteiger partial charge on any atom is 0.196 e. The number of Topliss-reactive ketones (excluding diaryl/α,β-unsaturated/α-hetero) is 1.